The molecule has 0 atom stereocenters. The van der Waals surface area contributed by atoms with Crippen LogP contribution in [0.1, 0.15) is 44.0 Å². The molecule has 3 heterocycles. The van der Waals surface area contributed by atoms with E-state index < -0.39 is 5.97 Å². The summed E-state index contributed by atoms with van der Waals surface area (Å²) >= 11 is 0. The van der Waals surface area contributed by atoms with Gasteiger partial charge in [-0.05, 0) is 71.3 Å². The molecule has 0 fully saturated rings. The van der Waals surface area contributed by atoms with Gasteiger partial charge < -0.3 is 25.3 Å². The molecule has 63 heavy (non-hydrogen) atoms. The van der Waals surface area contributed by atoms with Gasteiger partial charge in [0.2, 0.25) is 0 Å². The van der Waals surface area contributed by atoms with E-state index in [4.69, 9.17) is 14.4 Å². The van der Waals surface area contributed by atoms with Crippen molar-refractivity contribution in [1.82, 2.24) is 9.97 Å². The summed E-state index contributed by atoms with van der Waals surface area (Å²) in [7, 11) is 0. The Morgan fingerprint density at radius 3 is 1.73 bits per heavy atom. The maximum Gasteiger partial charge on any atom is 0.336 e. The zero-order valence-corrected chi connectivity index (χ0v) is 34.0. The molecule has 0 unspecified atom stereocenters. The minimum Gasteiger partial charge on any atom is -0.507 e. The Labute approximate surface area is 362 Å². The van der Waals surface area contributed by atoms with Crippen LogP contribution in [-0.2, 0) is 25.9 Å². The standard InChI is InChI=1S/C54H40N4O5/c59-47-27-25-41-49(39-17-7-8-18-40(39)54(61)62)42-26-28-48(60)44(32-56-46-20-10-16-36-22-24-38(58-51(36)46)30-34-13-5-2-6-14-34)53(42)63-52(41)43(47)31-55-45-19-9-15-35-21-23-37(57-50(35)45)29-33-11-3-1-4-12-33/h1-28,55-56,59H,29-32H2,(H,61,62). The molecule has 0 amide bonds. The average molecular weight is 825 g/mol. The van der Waals surface area contributed by atoms with Crippen LogP contribution < -0.4 is 16.1 Å². The molecular weight excluding hydrogens is 785 g/mol. The van der Waals surface area contributed by atoms with Gasteiger partial charge in [-0.15, -0.1) is 0 Å². The average Bonchev–Trinajstić information content (AvgIpc) is 3.31. The normalized spacial score (nSPS) is 11.4. The van der Waals surface area contributed by atoms with Gasteiger partial charge in [0, 0.05) is 64.6 Å². The predicted octanol–water partition coefficient (Wildman–Crippen LogP) is 11.5. The van der Waals surface area contributed by atoms with Crippen molar-refractivity contribution in [3.8, 4) is 28.2 Å². The highest BCUT2D eigenvalue weighted by atomic mass is 16.4. The quantitative estimate of drug-likeness (QED) is 0.0887. The fraction of sp³-hybridized carbons (Fsp3) is 0.0741. The zero-order valence-electron chi connectivity index (χ0n) is 34.0. The second-order valence-electron chi connectivity index (χ2n) is 15.6. The first-order valence-electron chi connectivity index (χ1n) is 20.8. The van der Waals surface area contributed by atoms with Crippen LogP contribution in [0.3, 0.4) is 0 Å². The molecule has 10 rings (SSSR count). The fourth-order valence-electron chi connectivity index (χ4n) is 8.45. The largest absolute Gasteiger partial charge is 0.507 e. The van der Waals surface area contributed by atoms with Crippen molar-refractivity contribution in [1.29, 1.82) is 0 Å². The van der Waals surface area contributed by atoms with Gasteiger partial charge in [0.15, 0.2) is 5.43 Å². The maximum absolute atomic E-state index is 14.0. The molecule has 0 spiro atoms. The number of fused-ring (bicyclic) bond motifs is 4. The van der Waals surface area contributed by atoms with E-state index in [1.807, 2.05) is 84.9 Å². The number of pyridine rings is 2. The van der Waals surface area contributed by atoms with Crippen molar-refractivity contribution < 1.29 is 19.4 Å². The first-order valence-corrected chi connectivity index (χ1v) is 20.8. The van der Waals surface area contributed by atoms with Gasteiger partial charge >= 0.3 is 5.97 Å². The van der Waals surface area contributed by atoms with Gasteiger partial charge in [-0.2, -0.15) is 0 Å². The number of para-hydroxylation sites is 2. The summed E-state index contributed by atoms with van der Waals surface area (Å²) in [5.74, 6) is -0.847. The van der Waals surface area contributed by atoms with Crippen molar-refractivity contribution in [3.63, 3.8) is 0 Å². The van der Waals surface area contributed by atoms with Crippen LogP contribution in [0.5, 0.6) is 5.75 Å². The van der Waals surface area contributed by atoms with Crippen molar-refractivity contribution in [2.75, 3.05) is 10.6 Å². The molecule has 1 aliphatic carbocycles. The van der Waals surface area contributed by atoms with Crippen molar-refractivity contribution in [2.24, 2.45) is 0 Å². The summed E-state index contributed by atoms with van der Waals surface area (Å²) in [6.07, 6.45) is 1.34. The zero-order chi connectivity index (χ0) is 42.9. The number of hydrogen-bond donors (Lipinski definition) is 4. The van der Waals surface area contributed by atoms with E-state index in [-0.39, 0.29) is 35.6 Å². The molecule has 0 radical (unpaired) electrons. The topological polar surface area (TPSA) is 138 Å². The molecule has 0 saturated carbocycles. The third-order valence-corrected chi connectivity index (χ3v) is 11.5. The van der Waals surface area contributed by atoms with Gasteiger partial charge in [-0.25, -0.2) is 4.79 Å². The summed E-state index contributed by atoms with van der Waals surface area (Å²) in [6, 6.07) is 53.6. The van der Waals surface area contributed by atoms with Crippen LogP contribution in [0, 0.1) is 0 Å². The summed E-state index contributed by atoms with van der Waals surface area (Å²) in [5, 5.41) is 31.5. The highest BCUT2D eigenvalue weighted by Crippen LogP contribution is 2.45. The maximum atomic E-state index is 14.0. The smallest absolute Gasteiger partial charge is 0.336 e. The first-order chi connectivity index (χ1) is 30.9. The van der Waals surface area contributed by atoms with E-state index >= 15 is 0 Å². The Bertz CT molecular complexity index is 3370. The van der Waals surface area contributed by atoms with E-state index in [2.05, 4.69) is 47.0 Å². The number of hydrogen-bond acceptors (Lipinski definition) is 8. The lowest BCUT2D eigenvalue weighted by Crippen LogP contribution is -2.15. The number of carboxylic acid groups (broad SMARTS) is 1. The van der Waals surface area contributed by atoms with Crippen LogP contribution in [-0.4, -0.2) is 26.2 Å². The second-order valence-corrected chi connectivity index (χ2v) is 15.6. The van der Waals surface area contributed by atoms with E-state index in [1.54, 1.807) is 42.5 Å². The molecule has 9 nitrogen and oxygen atoms in total. The number of phenolic OH excluding ortho intramolecular Hbond substituents is 1. The number of benzene rings is 7. The van der Waals surface area contributed by atoms with Gasteiger partial charge in [-0.3, -0.25) is 14.8 Å². The number of aromatic hydroxyl groups is 1. The Hall–Kier alpha value is -8.30. The lowest BCUT2D eigenvalue weighted by Gasteiger charge is -2.21. The number of carboxylic acids is 1. The number of aromatic nitrogens is 2. The molecule has 8 aromatic rings. The van der Waals surface area contributed by atoms with E-state index in [9.17, 15) is 19.8 Å². The monoisotopic (exact) mass is 824 g/mol. The van der Waals surface area contributed by atoms with Crippen LogP contribution >= 0.6 is 0 Å². The third-order valence-electron chi connectivity index (χ3n) is 11.5. The molecule has 2 aromatic heterocycles. The lowest BCUT2D eigenvalue weighted by molar-refractivity contribution is 0.0697. The highest BCUT2D eigenvalue weighted by Gasteiger charge is 2.26. The second kappa shape index (κ2) is 16.6. The van der Waals surface area contributed by atoms with Crippen LogP contribution in [0.15, 0.2) is 179 Å². The summed E-state index contributed by atoms with van der Waals surface area (Å²) in [4.78, 5) is 36.8. The Balaban J connectivity index is 1.08. The van der Waals surface area contributed by atoms with Gasteiger partial charge in [0.1, 0.15) is 17.1 Å². The van der Waals surface area contributed by atoms with Crippen LogP contribution in [0.4, 0.5) is 11.4 Å². The molecule has 306 valence electrons. The van der Waals surface area contributed by atoms with Crippen molar-refractivity contribution in [2.45, 2.75) is 25.9 Å². The number of rotatable bonds is 12. The van der Waals surface area contributed by atoms with E-state index in [0.29, 0.717) is 51.6 Å². The molecule has 0 bridgehead atoms. The first kappa shape index (κ1) is 38.9. The molecular formula is C54H40N4O5. The number of nitrogens with one attached hydrogen (secondary N) is 2. The van der Waals surface area contributed by atoms with E-state index in [1.165, 1.54) is 6.07 Å². The lowest BCUT2D eigenvalue weighted by atomic mass is 9.88. The minimum atomic E-state index is -1.10. The van der Waals surface area contributed by atoms with Gasteiger partial charge in [0.25, 0.3) is 0 Å². The number of phenols is 1. The molecule has 1 aliphatic heterocycles. The highest BCUT2D eigenvalue weighted by molar-refractivity contribution is 6.08. The number of anilines is 2. The Morgan fingerprint density at radius 2 is 1.13 bits per heavy atom. The number of nitrogens with zero attached hydrogens (tertiary/aromatic N) is 2. The molecule has 9 heteroatoms. The Kier molecular flexibility index (Phi) is 10.3. The summed E-state index contributed by atoms with van der Waals surface area (Å²) in [6.45, 7) is 0.202. The van der Waals surface area contributed by atoms with Gasteiger partial charge in [0.05, 0.1) is 39.1 Å². The number of aromatic carboxylic acids is 1. The molecule has 0 saturated heterocycles. The van der Waals surface area contributed by atoms with Gasteiger partial charge in [-0.1, -0.05) is 115 Å². The predicted molar refractivity (Wildman–Crippen MR) is 250 cm³/mol. The third kappa shape index (κ3) is 7.68. The van der Waals surface area contributed by atoms with Crippen molar-refractivity contribution in [3.05, 3.63) is 219 Å². The molecule has 6 aromatic carbocycles. The minimum absolute atomic E-state index is 0.0281. The van der Waals surface area contributed by atoms with Crippen molar-refractivity contribution >= 4 is 50.1 Å². The van der Waals surface area contributed by atoms with E-state index in [0.717, 1.165) is 55.7 Å². The van der Waals surface area contributed by atoms with Crippen LogP contribution in [0.25, 0.3) is 55.2 Å². The Morgan fingerprint density at radius 1 is 0.556 bits per heavy atom. The summed E-state index contributed by atoms with van der Waals surface area (Å²) in [5.41, 5.74) is 9.68. The SMILES string of the molecule is O=C(O)c1ccccc1-c1c2ccc(=O)c(CNc3cccc4ccc(Cc5ccccc5)nc34)c-2oc2c(CNc3cccc4ccc(Cc5ccccc5)nc34)c(O)ccc12. The molecule has 4 N–H and O–H groups in total. The number of carbonyl (C=O) groups is 1. The summed E-state index contributed by atoms with van der Waals surface area (Å²) < 4.78 is 6.84. The van der Waals surface area contributed by atoms with Crippen LogP contribution in [0.2, 0.25) is 0 Å². The fourth-order valence-corrected chi connectivity index (χ4v) is 8.45. The molecule has 2 aliphatic rings.